The molecule has 0 saturated carbocycles. The second kappa shape index (κ2) is 56.7. The molecule has 0 heterocycles. The van der Waals surface area contributed by atoms with E-state index in [0.29, 0.717) is 17.4 Å². The van der Waals surface area contributed by atoms with Crippen LogP contribution < -0.4 is 10.2 Å². The van der Waals surface area contributed by atoms with Gasteiger partial charge in [-0.05, 0) is 83.5 Å². The number of phosphoric ester groups is 1. The summed E-state index contributed by atoms with van der Waals surface area (Å²) in [6.45, 7) is 4.62. The maximum Gasteiger partial charge on any atom is 0.268 e. The molecule has 438 valence electrons. The van der Waals surface area contributed by atoms with Gasteiger partial charge in [-0.15, -0.1) is 0 Å². The number of amides is 1. The maximum atomic E-state index is 13.0. The van der Waals surface area contributed by atoms with Gasteiger partial charge in [0.2, 0.25) is 5.91 Å². The molecular weight excluding hydrogens is 948 g/mol. The Labute approximate surface area is 465 Å². The van der Waals surface area contributed by atoms with Crippen molar-refractivity contribution in [1.82, 2.24) is 5.32 Å². The third-order valence-corrected chi connectivity index (χ3v) is 15.1. The van der Waals surface area contributed by atoms with Crippen molar-refractivity contribution in [3.05, 3.63) is 72.9 Å². The van der Waals surface area contributed by atoms with Crippen molar-refractivity contribution in [2.24, 2.45) is 0 Å². The van der Waals surface area contributed by atoms with E-state index < -0.39 is 26.6 Å². The van der Waals surface area contributed by atoms with E-state index in [1.54, 1.807) is 6.08 Å². The molecule has 2 N–H and O–H groups in total. The number of carbonyl (C=O) groups is 1. The lowest BCUT2D eigenvalue weighted by Crippen LogP contribution is -2.45. The molecule has 75 heavy (non-hydrogen) atoms. The van der Waals surface area contributed by atoms with Crippen molar-refractivity contribution in [3.8, 4) is 0 Å². The van der Waals surface area contributed by atoms with Gasteiger partial charge in [0.25, 0.3) is 7.82 Å². The molecule has 0 saturated heterocycles. The van der Waals surface area contributed by atoms with Gasteiger partial charge in [-0.25, -0.2) is 0 Å². The van der Waals surface area contributed by atoms with E-state index in [2.05, 4.69) is 79.9 Å². The molecule has 0 fully saturated rings. The first-order valence-corrected chi connectivity index (χ1v) is 33.3. The van der Waals surface area contributed by atoms with E-state index in [0.717, 1.165) is 70.6 Å². The number of hydrogen-bond acceptors (Lipinski definition) is 6. The van der Waals surface area contributed by atoms with Crippen molar-refractivity contribution < 1.29 is 32.9 Å². The number of unbranched alkanes of at least 4 members (excludes halogenated alkanes) is 35. The number of likely N-dealkylation sites (N-methyl/N-ethyl adjacent to an activating group) is 1. The van der Waals surface area contributed by atoms with Gasteiger partial charge in [-0.2, -0.15) is 0 Å². The van der Waals surface area contributed by atoms with E-state index in [9.17, 15) is 19.4 Å². The topological polar surface area (TPSA) is 108 Å². The van der Waals surface area contributed by atoms with Crippen LogP contribution in [0.25, 0.3) is 0 Å². The first kappa shape index (κ1) is 72.9. The van der Waals surface area contributed by atoms with Crippen molar-refractivity contribution in [1.29, 1.82) is 0 Å². The summed E-state index contributed by atoms with van der Waals surface area (Å²) in [4.78, 5) is 25.5. The normalized spacial score (nSPS) is 14.3. The lowest BCUT2D eigenvalue weighted by Gasteiger charge is -2.29. The number of rotatable bonds is 58. The summed E-state index contributed by atoms with van der Waals surface area (Å²) in [5.74, 6) is -0.223. The summed E-state index contributed by atoms with van der Waals surface area (Å²) in [5, 5.41) is 13.9. The fraction of sp³-hybridized carbons (Fsp3) is 0.803. The highest BCUT2D eigenvalue weighted by atomic mass is 31.2. The Morgan fingerprint density at radius 2 is 0.787 bits per heavy atom. The van der Waals surface area contributed by atoms with Crippen LogP contribution in [0.3, 0.4) is 0 Å². The van der Waals surface area contributed by atoms with E-state index in [-0.39, 0.29) is 12.5 Å². The molecule has 9 heteroatoms. The van der Waals surface area contributed by atoms with Crippen LogP contribution in [0.1, 0.15) is 290 Å². The third kappa shape index (κ3) is 59.4. The second-order valence-corrected chi connectivity index (χ2v) is 24.2. The summed E-state index contributed by atoms with van der Waals surface area (Å²) in [6.07, 6.45) is 78.7. The second-order valence-electron chi connectivity index (χ2n) is 22.7. The van der Waals surface area contributed by atoms with Gasteiger partial charge in [-0.1, -0.05) is 273 Å². The largest absolute Gasteiger partial charge is 0.756 e. The molecule has 3 atom stereocenters. The highest BCUT2D eigenvalue weighted by molar-refractivity contribution is 7.45. The Morgan fingerprint density at radius 3 is 1.17 bits per heavy atom. The fourth-order valence-electron chi connectivity index (χ4n) is 9.14. The first-order chi connectivity index (χ1) is 36.5. The van der Waals surface area contributed by atoms with Gasteiger partial charge in [-0.3, -0.25) is 9.36 Å². The van der Waals surface area contributed by atoms with Crippen LogP contribution >= 0.6 is 7.82 Å². The number of aliphatic hydroxyl groups excluding tert-OH is 1. The molecule has 3 unspecified atom stereocenters. The quantitative estimate of drug-likeness (QED) is 0.0272. The number of nitrogens with one attached hydrogen (secondary N) is 1. The molecule has 0 aromatic rings. The van der Waals surface area contributed by atoms with Crippen LogP contribution in [0.2, 0.25) is 0 Å². The Kier molecular flexibility index (Phi) is 55.1. The molecule has 0 bridgehead atoms. The fourth-order valence-corrected chi connectivity index (χ4v) is 9.86. The standard InChI is InChI=1S/C66H123N2O6P/c1-6-8-10-12-14-16-18-20-22-24-26-28-29-30-31-32-33-34-35-36-37-38-40-41-43-45-47-49-51-53-55-57-59-65(69)64(63-74-75(71,72)73-62-61-68(3,4)5)67-66(70)60-58-56-54-52-50-48-46-44-42-39-27-25-23-21-19-17-15-13-11-9-7-2/h19,21,25,27,41-44,49,51,57,59,64-65,69H,6-18,20,22-24,26,28-40,45-48,50,52-56,58,60-63H2,1-5H3,(H-,67,70,71,72)/b21-19-,27-25-,43-41+,44-42-,51-49+,59-57+. The van der Waals surface area contributed by atoms with Crippen LogP contribution in [0.5, 0.6) is 0 Å². The van der Waals surface area contributed by atoms with Crippen LogP contribution in [0.15, 0.2) is 72.9 Å². The Bertz CT molecular complexity index is 1450. The predicted octanol–water partition coefficient (Wildman–Crippen LogP) is 19.2. The van der Waals surface area contributed by atoms with E-state index in [4.69, 9.17) is 9.05 Å². The number of hydrogen-bond donors (Lipinski definition) is 2. The maximum absolute atomic E-state index is 13.0. The van der Waals surface area contributed by atoms with Gasteiger partial charge in [0.15, 0.2) is 0 Å². The minimum atomic E-state index is -4.62. The smallest absolute Gasteiger partial charge is 0.268 e. The molecule has 0 spiro atoms. The number of nitrogens with zero attached hydrogens (tertiary/aromatic N) is 1. The zero-order valence-electron chi connectivity index (χ0n) is 50.0. The third-order valence-electron chi connectivity index (χ3n) is 14.1. The van der Waals surface area contributed by atoms with Crippen LogP contribution in [0.4, 0.5) is 0 Å². The highest BCUT2D eigenvalue weighted by Crippen LogP contribution is 2.38. The van der Waals surface area contributed by atoms with Crippen molar-refractivity contribution in [2.75, 3.05) is 40.9 Å². The van der Waals surface area contributed by atoms with E-state index >= 15 is 0 Å². The predicted molar refractivity (Wildman–Crippen MR) is 325 cm³/mol. The molecule has 0 aliphatic carbocycles. The van der Waals surface area contributed by atoms with E-state index in [1.807, 2.05) is 27.2 Å². The van der Waals surface area contributed by atoms with Crippen molar-refractivity contribution in [3.63, 3.8) is 0 Å². The molecule has 0 aromatic carbocycles. The Morgan fingerprint density at radius 1 is 0.467 bits per heavy atom. The summed E-state index contributed by atoms with van der Waals surface area (Å²) in [7, 11) is 1.22. The summed E-state index contributed by atoms with van der Waals surface area (Å²) >= 11 is 0. The van der Waals surface area contributed by atoms with Gasteiger partial charge < -0.3 is 28.8 Å². The average molecular weight is 1070 g/mol. The van der Waals surface area contributed by atoms with Crippen LogP contribution in [-0.4, -0.2) is 68.5 Å². The molecule has 1 amide bonds. The molecule has 0 rings (SSSR count). The number of quaternary nitrogens is 1. The number of aliphatic hydroxyl groups is 1. The molecule has 8 nitrogen and oxygen atoms in total. The highest BCUT2D eigenvalue weighted by Gasteiger charge is 2.23. The summed E-state index contributed by atoms with van der Waals surface area (Å²) in [6, 6.07) is -0.922. The minimum absolute atomic E-state index is 0.0147. The number of carbonyl (C=O) groups excluding carboxylic acids is 1. The minimum Gasteiger partial charge on any atom is -0.756 e. The van der Waals surface area contributed by atoms with E-state index in [1.165, 1.54) is 199 Å². The molecule has 0 aliphatic rings. The van der Waals surface area contributed by atoms with Crippen LogP contribution in [0, 0.1) is 0 Å². The number of allylic oxidation sites excluding steroid dienone is 11. The van der Waals surface area contributed by atoms with Gasteiger partial charge in [0.05, 0.1) is 39.9 Å². The lowest BCUT2D eigenvalue weighted by molar-refractivity contribution is -0.870. The van der Waals surface area contributed by atoms with Gasteiger partial charge in [0.1, 0.15) is 13.2 Å². The number of phosphoric acid groups is 1. The summed E-state index contributed by atoms with van der Waals surface area (Å²) in [5.41, 5.74) is 0. The summed E-state index contributed by atoms with van der Waals surface area (Å²) < 4.78 is 23.4. The SMILES string of the molecule is CCCCCCC/C=C\C/C=C\C/C=C\CCCCCCCCC(=O)NC(COP(=O)([O-])OCC[N+](C)(C)C)C(O)/C=C/CC/C=C/CC/C=C/CCCCCCCCCCCCCCCCCCCCCCCC. The van der Waals surface area contributed by atoms with Gasteiger partial charge in [0, 0.05) is 6.42 Å². The first-order valence-electron chi connectivity index (χ1n) is 31.8. The Balaban J connectivity index is 4.22. The zero-order chi connectivity index (χ0) is 54.9. The molecule has 0 aromatic heterocycles. The van der Waals surface area contributed by atoms with Crippen molar-refractivity contribution >= 4 is 13.7 Å². The molecule has 0 radical (unpaired) electrons. The van der Waals surface area contributed by atoms with Gasteiger partial charge >= 0.3 is 0 Å². The zero-order valence-corrected chi connectivity index (χ0v) is 50.9. The Hall–Kier alpha value is -2.06. The molecule has 0 aliphatic heterocycles. The monoisotopic (exact) mass is 1070 g/mol. The lowest BCUT2D eigenvalue weighted by atomic mass is 10.0. The average Bonchev–Trinajstić information content (AvgIpc) is 3.37. The van der Waals surface area contributed by atoms with Crippen molar-refractivity contribution in [2.45, 2.75) is 302 Å². The van der Waals surface area contributed by atoms with Crippen LogP contribution in [-0.2, 0) is 18.4 Å². The molecular formula is C66H123N2O6P.